The Morgan fingerprint density at radius 1 is 1.40 bits per heavy atom. The minimum Gasteiger partial charge on any atom is -0.515 e. The first-order chi connectivity index (χ1) is 12.1. The number of allylic oxidation sites excluding steroid dienone is 1. The number of halogens is 1. The maximum atomic E-state index is 14.0. The summed E-state index contributed by atoms with van der Waals surface area (Å²) >= 11 is 0. The highest BCUT2D eigenvalue weighted by Gasteiger charge is 2.54. The van der Waals surface area contributed by atoms with Gasteiger partial charge in [-0.25, -0.2) is 14.4 Å². The zero-order chi connectivity index (χ0) is 17.6. The molecule has 2 aliphatic rings. The molecular formula is C20H19FN2O2. The number of carbonyl (C=O) groups is 1. The number of aliphatic hydroxyl groups excluding tert-OH is 1. The lowest BCUT2D eigenvalue weighted by atomic mass is 9.52. The number of aryl methyl sites for hydroxylation is 1. The number of aromatic nitrogens is 2. The molecule has 0 unspecified atom stereocenters. The highest BCUT2D eigenvalue weighted by Crippen LogP contribution is 2.55. The van der Waals surface area contributed by atoms with Gasteiger partial charge in [0.1, 0.15) is 12.1 Å². The van der Waals surface area contributed by atoms with Crippen LogP contribution in [0.3, 0.4) is 0 Å². The Labute approximate surface area is 145 Å². The van der Waals surface area contributed by atoms with E-state index in [4.69, 9.17) is 0 Å². The summed E-state index contributed by atoms with van der Waals surface area (Å²) in [6.45, 7) is 1.90. The van der Waals surface area contributed by atoms with E-state index in [1.807, 2.05) is 19.2 Å². The third-order valence-electron chi connectivity index (χ3n) is 5.87. The van der Waals surface area contributed by atoms with E-state index in [9.17, 15) is 14.3 Å². The number of hydrogen-bond acceptors (Lipinski definition) is 4. The third kappa shape index (κ3) is 2.22. The molecular weight excluding hydrogens is 319 g/mol. The molecule has 2 aromatic rings. The Balaban J connectivity index is 2.03. The second kappa shape index (κ2) is 5.76. The van der Waals surface area contributed by atoms with Crippen LogP contribution in [-0.2, 0) is 16.6 Å². The van der Waals surface area contributed by atoms with Crippen LogP contribution >= 0.6 is 0 Å². The maximum Gasteiger partial charge on any atom is 0.165 e. The van der Waals surface area contributed by atoms with E-state index < -0.39 is 5.41 Å². The lowest BCUT2D eigenvalue weighted by molar-refractivity contribution is -0.123. The summed E-state index contributed by atoms with van der Waals surface area (Å²) in [5, 5.41) is 9.64. The van der Waals surface area contributed by atoms with Gasteiger partial charge in [-0.2, -0.15) is 0 Å². The standard InChI is InChI=1S/C20H19FN2O2/c1-12-17-6-5-13-9-22-11-23-19(13)20(17,8-14(10-24)18(12)25)15-3-2-4-16(21)7-15/h2-4,7,9-12,17,24H,5-6,8H2,1H3/b14-10-/t12-,17-,20+/m0/s1. The van der Waals surface area contributed by atoms with Crippen LogP contribution in [0.25, 0.3) is 0 Å². The highest BCUT2D eigenvalue weighted by atomic mass is 19.1. The Morgan fingerprint density at radius 3 is 3.00 bits per heavy atom. The van der Waals surface area contributed by atoms with Gasteiger partial charge >= 0.3 is 0 Å². The Hall–Kier alpha value is -2.56. The lowest BCUT2D eigenvalue weighted by Gasteiger charge is -2.50. The average molecular weight is 338 g/mol. The molecule has 0 saturated heterocycles. The zero-order valence-corrected chi connectivity index (χ0v) is 13.9. The molecule has 1 N–H and O–H groups in total. The fourth-order valence-electron chi connectivity index (χ4n) is 4.76. The van der Waals surface area contributed by atoms with Crippen molar-refractivity contribution in [3.63, 3.8) is 0 Å². The normalized spacial score (nSPS) is 30.0. The first-order valence-electron chi connectivity index (χ1n) is 8.51. The molecule has 1 aromatic carbocycles. The number of nitrogens with zero attached hydrogens (tertiary/aromatic N) is 2. The van der Waals surface area contributed by atoms with Crippen LogP contribution in [0, 0.1) is 17.7 Å². The van der Waals surface area contributed by atoms with Gasteiger partial charge in [-0.3, -0.25) is 4.79 Å². The molecule has 2 aliphatic carbocycles. The number of aliphatic hydroxyl groups is 1. The summed E-state index contributed by atoms with van der Waals surface area (Å²) in [7, 11) is 0. The molecule has 1 saturated carbocycles. The van der Waals surface area contributed by atoms with Gasteiger partial charge in [0.2, 0.25) is 0 Å². The van der Waals surface area contributed by atoms with Crippen molar-refractivity contribution in [3.8, 4) is 0 Å². The van der Waals surface area contributed by atoms with Crippen LogP contribution in [0.15, 0.2) is 48.6 Å². The van der Waals surface area contributed by atoms with E-state index in [2.05, 4.69) is 9.97 Å². The van der Waals surface area contributed by atoms with Gasteiger partial charge in [0.25, 0.3) is 0 Å². The van der Waals surface area contributed by atoms with Crippen molar-refractivity contribution in [1.82, 2.24) is 9.97 Å². The highest BCUT2D eigenvalue weighted by molar-refractivity contribution is 5.98. The van der Waals surface area contributed by atoms with E-state index >= 15 is 0 Å². The van der Waals surface area contributed by atoms with Crippen molar-refractivity contribution in [2.24, 2.45) is 11.8 Å². The Bertz CT molecular complexity index is 880. The third-order valence-corrected chi connectivity index (χ3v) is 5.87. The van der Waals surface area contributed by atoms with Crippen LogP contribution in [0.5, 0.6) is 0 Å². The second-order valence-electron chi connectivity index (χ2n) is 7.01. The molecule has 3 atom stereocenters. The fraction of sp³-hybridized carbons (Fsp3) is 0.350. The Morgan fingerprint density at radius 2 is 2.24 bits per heavy atom. The van der Waals surface area contributed by atoms with E-state index in [1.165, 1.54) is 18.5 Å². The van der Waals surface area contributed by atoms with Gasteiger partial charge in [0.05, 0.1) is 12.0 Å². The molecule has 1 heterocycles. The summed E-state index contributed by atoms with van der Waals surface area (Å²) < 4.78 is 14.0. The number of Topliss-reactive ketones (excluding diaryl/α,β-unsaturated/α-hetero) is 1. The first kappa shape index (κ1) is 15.9. The number of fused-ring (bicyclic) bond motifs is 3. The number of ketones is 1. The van der Waals surface area contributed by atoms with Crippen molar-refractivity contribution in [2.75, 3.05) is 0 Å². The number of benzene rings is 1. The number of rotatable bonds is 1. The number of carbonyl (C=O) groups excluding carboxylic acids is 1. The maximum absolute atomic E-state index is 14.0. The van der Waals surface area contributed by atoms with Crippen molar-refractivity contribution >= 4 is 5.78 Å². The van der Waals surface area contributed by atoms with Crippen molar-refractivity contribution in [3.05, 3.63) is 71.3 Å². The zero-order valence-electron chi connectivity index (χ0n) is 13.9. The van der Waals surface area contributed by atoms with Gasteiger partial charge in [-0.05, 0) is 48.4 Å². The smallest absolute Gasteiger partial charge is 0.165 e. The van der Waals surface area contributed by atoms with Crippen molar-refractivity contribution in [1.29, 1.82) is 0 Å². The fourth-order valence-corrected chi connectivity index (χ4v) is 4.76. The summed E-state index contributed by atoms with van der Waals surface area (Å²) in [5.74, 6) is -0.602. The van der Waals surface area contributed by atoms with Gasteiger partial charge in [0.15, 0.2) is 5.78 Å². The quantitative estimate of drug-likeness (QED) is 0.638. The van der Waals surface area contributed by atoms with E-state index in [-0.39, 0.29) is 23.4 Å². The molecule has 4 nitrogen and oxygen atoms in total. The van der Waals surface area contributed by atoms with Gasteiger partial charge in [0, 0.05) is 23.1 Å². The topological polar surface area (TPSA) is 63.1 Å². The number of hydrogen-bond donors (Lipinski definition) is 1. The summed E-state index contributed by atoms with van der Waals surface area (Å²) in [5.41, 5.74) is 2.43. The molecule has 0 amide bonds. The predicted molar refractivity (Wildman–Crippen MR) is 90.5 cm³/mol. The van der Waals surface area contributed by atoms with Gasteiger partial charge < -0.3 is 5.11 Å². The summed E-state index contributed by atoms with van der Waals surface area (Å²) in [4.78, 5) is 21.3. The van der Waals surface area contributed by atoms with E-state index in [0.29, 0.717) is 12.0 Å². The average Bonchev–Trinajstić information content (AvgIpc) is 2.64. The van der Waals surface area contributed by atoms with Gasteiger partial charge in [-0.15, -0.1) is 0 Å². The van der Waals surface area contributed by atoms with Crippen molar-refractivity contribution < 1.29 is 14.3 Å². The molecule has 0 spiro atoms. The second-order valence-corrected chi connectivity index (χ2v) is 7.01. The van der Waals surface area contributed by atoms with Crippen LogP contribution in [0.4, 0.5) is 4.39 Å². The molecule has 25 heavy (non-hydrogen) atoms. The van der Waals surface area contributed by atoms with Crippen LogP contribution in [-0.4, -0.2) is 20.9 Å². The predicted octanol–water partition coefficient (Wildman–Crippen LogP) is 3.52. The molecule has 1 fully saturated rings. The largest absolute Gasteiger partial charge is 0.515 e. The first-order valence-corrected chi connectivity index (χ1v) is 8.51. The summed E-state index contributed by atoms with van der Waals surface area (Å²) in [6.07, 6.45) is 6.15. The minimum absolute atomic E-state index is 0.00731. The van der Waals surface area contributed by atoms with Crippen LogP contribution in [0.2, 0.25) is 0 Å². The molecule has 5 heteroatoms. The van der Waals surface area contributed by atoms with Crippen molar-refractivity contribution in [2.45, 2.75) is 31.6 Å². The van der Waals surface area contributed by atoms with Crippen LogP contribution in [0.1, 0.15) is 36.6 Å². The lowest BCUT2D eigenvalue weighted by Crippen LogP contribution is -2.50. The molecule has 4 rings (SSSR count). The molecule has 0 aliphatic heterocycles. The molecule has 0 radical (unpaired) electrons. The van der Waals surface area contributed by atoms with Crippen LogP contribution < -0.4 is 0 Å². The Kier molecular flexibility index (Phi) is 3.67. The monoisotopic (exact) mass is 338 g/mol. The molecule has 0 bridgehead atoms. The molecule has 128 valence electrons. The van der Waals surface area contributed by atoms with Gasteiger partial charge in [-0.1, -0.05) is 19.1 Å². The van der Waals surface area contributed by atoms with E-state index in [0.717, 1.165) is 35.9 Å². The summed E-state index contributed by atoms with van der Waals surface area (Å²) in [6, 6.07) is 6.53. The minimum atomic E-state index is -0.624. The molecule has 1 aromatic heterocycles. The SMILES string of the molecule is C[C@@H]1C(=O)/C(=C\O)C[C@]2(c3cccc(F)c3)c3ncncc3CC[C@@H]12. The van der Waals surface area contributed by atoms with E-state index in [1.54, 1.807) is 6.07 Å².